The van der Waals surface area contributed by atoms with Gasteiger partial charge in [0.2, 0.25) is 0 Å². The van der Waals surface area contributed by atoms with E-state index in [1.54, 1.807) is 12.1 Å². The summed E-state index contributed by atoms with van der Waals surface area (Å²) in [6.45, 7) is 6.34. The van der Waals surface area contributed by atoms with Crippen LogP contribution in [0.15, 0.2) is 36.4 Å². The van der Waals surface area contributed by atoms with E-state index in [0.29, 0.717) is 24.2 Å². The Kier molecular flexibility index (Phi) is 6.30. The van der Waals surface area contributed by atoms with Crippen LogP contribution in [0.4, 0.5) is 8.78 Å². The number of halogens is 2. The molecule has 4 unspecified atom stereocenters. The van der Waals surface area contributed by atoms with Gasteiger partial charge in [0.15, 0.2) is 0 Å². The van der Waals surface area contributed by atoms with E-state index >= 15 is 0 Å². The second-order valence-electron chi connectivity index (χ2n) is 8.86. The van der Waals surface area contributed by atoms with Crippen molar-refractivity contribution in [2.75, 3.05) is 26.2 Å². The number of hydrogen-bond donors (Lipinski definition) is 2. The first-order valence-corrected chi connectivity index (χ1v) is 10.9. The minimum absolute atomic E-state index is 0.115. The maximum absolute atomic E-state index is 14.8. The van der Waals surface area contributed by atoms with Gasteiger partial charge in [-0.25, -0.2) is 8.78 Å². The Morgan fingerprint density at radius 1 is 0.800 bits per heavy atom. The predicted molar refractivity (Wildman–Crippen MR) is 115 cm³/mol. The highest BCUT2D eigenvalue weighted by Crippen LogP contribution is 2.39. The SMILES string of the molecule is Cc1ccc(C2CCNCC2C(=O)C2CNCCC2c2ccc(C)cc2F)c(F)c1. The minimum atomic E-state index is -0.308. The lowest BCUT2D eigenvalue weighted by molar-refractivity contribution is -0.129. The van der Waals surface area contributed by atoms with E-state index in [2.05, 4.69) is 10.6 Å². The molecule has 5 heteroatoms. The number of carbonyl (C=O) groups is 1. The van der Waals surface area contributed by atoms with Gasteiger partial charge in [0.05, 0.1) is 0 Å². The molecule has 2 aliphatic rings. The number of ketones is 1. The third kappa shape index (κ3) is 4.19. The monoisotopic (exact) mass is 412 g/mol. The van der Waals surface area contributed by atoms with E-state index in [1.807, 2.05) is 38.1 Å². The number of nitrogens with one attached hydrogen (secondary N) is 2. The third-order valence-electron chi connectivity index (χ3n) is 6.81. The molecule has 0 radical (unpaired) electrons. The number of hydrogen-bond acceptors (Lipinski definition) is 3. The molecule has 2 heterocycles. The second kappa shape index (κ2) is 8.94. The summed E-state index contributed by atoms with van der Waals surface area (Å²) in [4.78, 5) is 13.8. The molecule has 4 rings (SSSR count). The van der Waals surface area contributed by atoms with Crippen molar-refractivity contribution in [3.8, 4) is 0 Å². The van der Waals surface area contributed by atoms with Crippen molar-refractivity contribution in [1.82, 2.24) is 10.6 Å². The fourth-order valence-electron chi connectivity index (χ4n) is 5.20. The molecule has 0 bridgehead atoms. The summed E-state index contributed by atoms with van der Waals surface area (Å²) in [5, 5.41) is 6.64. The lowest BCUT2D eigenvalue weighted by Gasteiger charge is -2.38. The first kappa shape index (κ1) is 21.1. The molecule has 4 atom stereocenters. The summed E-state index contributed by atoms with van der Waals surface area (Å²) in [5.74, 6) is -1.27. The number of benzene rings is 2. The number of piperidine rings is 2. The molecule has 30 heavy (non-hydrogen) atoms. The average Bonchev–Trinajstić information content (AvgIpc) is 2.73. The smallest absolute Gasteiger partial charge is 0.142 e. The van der Waals surface area contributed by atoms with Crippen LogP contribution in [0.5, 0.6) is 0 Å². The minimum Gasteiger partial charge on any atom is -0.316 e. The average molecular weight is 413 g/mol. The van der Waals surface area contributed by atoms with Gasteiger partial charge in [0, 0.05) is 24.9 Å². The van der Waals surface area contributed by atoms with Crippen LogP contribution >= 0.6 is 0 Å². The van der Waals surface area contributed by atoms with Crippen molar-refractivity contribution in [2.45, 2.75) is 38.5 Å². The summed E-state index contributed by atoms with van der Waals surface area (Å²) < 4.78 is 29.5. The molecule has 2 aromatic carbocycles. The highest BCUT2D eigenvalue weighted by Gasteiger charge is 2.41. The van der Waals surface area contributed by atoms with E-state index in [9.17, 15) is 13.6 Å². The van der Waals surface area contributed by atoms with Crippen LogP contribution in [0.1, 0.15) is 46.9 Å². The van der Waals surface area contributed by atoms with Crippen LogP contribution in [-0.2, 0) is 4.79 Å². The molecule has 2 aromatic rings. The van der Waals surface area contributed by atoms with E-state index in [4.69, 9.17) is 0 Å². The largest absolute Gasteiger partial charge is 0.316 e. The van der Waals surface area contributed by atoms with Gasteiger partial charge in [-0.15, -0.1) is 0 Å². The standard InChI is InChI=1S/C25H30F2N2O/c1-15-3-5-19(23(26)11-15)17-7-9-28-13-21(17)25(30)22-14-29-10-8-18(22)20-6-4-16(2)12-24(20)27/h3-6,11-12,17-18,21-22,28-29H,7-10,13-14H2,1-2H3. The zero-order valence-corrected chi connectivity index (χ0v) is 17.7. The van der Waals surface area contributed by atoms with Gasteiger partial charge in [-0.2, -0.15) is 0 Å². The quantitative estimate of drug-likeness (QED) is 0.789. The van der Waals surface area contributed by atoms with E-state index < -0.39 is 0 Å². The highest BCUT2D eigenvalue weighted by atomic mass is 19.1. The molecule has 2 saturated heterocycles. The molecule has 2 fully saturated rings. The topological polar surface area (TPSA) is 41.1 Å². The molecular weight excluding hydrogens is 382 g/mol. The second-order valence-corrected chi connectivity index (χ2v) is 8.86. The first-order chi connectivity index (χ1) is 14.5. The fourth-order valence-corrected chi connectivity index (χ4v) is 5.20. The molecule has 2 aliphatic heterocycles. The maximum Gasteiger partial charge on any atom is 0.142 e. The van der Waals surface area contributed by atoms with E-state index in [0.717, 1.165) is 37.1 Å². The molecule has 0 amide bonds. The lowest BCUT2D eigenvalue weighted by atomic mass is 9.70. The van der Waals surface area contributed by atoms with Crippen molar-refractivity contribution in [3.63, 3.8) is 0 Å². The van der Waals surface area contributed by atoms with Crippen molar-refractivity contribution < 1.29 is 13.6 Å². The number of aryl methyl sites for hydroxylation is 2. The third-order valence-corrected chi connectivity index (χ3v) is 6.81. The van der Waals surface area contributed by atoms with Crippen LogP contribution in [0.2, 0.25) is 0 Å². The van der Waals surface area contributed by atoms with Crippen LogP contribution < -0.4 is 10.6 Å². The summed E-state index contributed by atoms with van der Waals surface area (Å²) in [6, 6.07) is 10.6. The number of Topliss-reactive ketones (excluding diaryl/α,β-unsaturated/α-hetero) is 1. The number of rotatable bonds is 4. The molecule has 0 aromatic heterocycles. The summed E-state index contributed by atoms with van der Waals surface area (Å²) in [6.07, 6.45) is 1.44. The lowest BCUT2D eigenvalue weighted by Crippen LogP contribution is -2.47. The van der Waals surface area contributed by atoms with Crippen molar-refractivity contribution in [1.29, 1.82) is 0 Å². The Morgan fingerprint density at radius 3 is 1.63 bits per heavy atom. The Morgan fingerprint density at radius 2 is 1.23 bits per heavy atom. The van der Waals surface area contributed by atoms with Gasteiger partial charge in [-0.05, 0) is 86.0 Å². The van der Waals surface area contributed by atoms with Crippen LogP contribution in [0.25, 0.3) is 0 Å². The van der Waals surface area contributed by atoms with Crippen molar-refractivity contribution in [2.24, 2.45) is 11.8 Å². The van der Waals surface area contributed by atoms with Crippen LogP contribution in [0, 0.1) is 37.3 Å². The molecule has 0 saturated carbocycles. The van der Waals surface area contributed by atoms with Crippen molar-refractivity contribution in [3.05, 3.63) is 70.3 Å². The van der Waals surface area contributed by atoms with E-state index in [-0.39, 0.29) is 41.1 Å². The van der Waals surface area contributed by atoms with Crippen LogP contribution in [0.3, 0.4) is 0 Å². The maximum atomic E-state index is 14.8. The molecule has 3 nitrogen and oxygen atoms in total. The van der Waals surface area contributed by atoms with Gasteiger partial charge >= 0.3 is 0 Å². The van der Waals surface area contributed by atoms with Gasteiger partial charge in [-0.1, -0.05) is 24.3 Å². The van der Waals surface area contributed by atoms with Gasteiger partial charge < -0.3 is 10.6 Å². The molecule has 2 N–H and O–H groups in total. The van der Waals surface area contributed by atoms with Crippen molar-refractivity contribution >= 4 is 5.78 Å². The summed E-state index contributed by atoms with van der Waals surface area (Å²) in [5.41, 5.74) is 3.00. The molecule has 0 aliphatic carbocycles. The van der Waals surface area contributed by atoms with E-state index in [1.165, 1.54) is 0 Å². The molecular formula is C25H30F2N2O. The number of carbonyl (C=O) groups excluding carboxylic acids is 1. The molecule has 160 valence electrons. The van der Waals surface area contributed by atoms with Gasteiger partial charge in [-0.3, -0.25) is 4.79 Å². The molecule has 0 spiro atoms. The Labute approximate surface area is 177 Å². The predicted octanol–water partition coefficient (Wildman–Crippen LogP) is 4.24. The zero-order chi connectivity index (χ0) is 21.3. The normalized spacial score (nSPS) is 27.1. The van der Waals surface area contributed by atoms with Gasteiger partial charge in [0.1, 0.15) is 17.4 Å². The summed E-state index contributed by atoms with van der Waals surface area (Å²) >= 11 is 0. The summed E-state index contributed by atoms with van der Waals surface area (Å²) in [7, 11) is 0. The zero-order valence-electron chi connectivity index (χ0n) is 17.7. The Hall–Kier alpha value is -2.11. The Balaban J connectivity index is 1.64. The van der Waals surface area contributed by atoms with Gasteiger partial charge in [0.25, 0.3) is 0 Å². The fraction of sp³-hybridized carbons (Fsp3) is 0.480. The van der Waals surface area contributed by atoms with Crippen LogP contribution in [-0.4, -0.2) is 32.0 Å². The Bertz CT molecular complexity index is 856. The highest BCUT2D eigenvalue weighted by molar-refractivity contribution is 5.86. The first-order valence-electron chi connectivity index (χ1n) is 10.9.